The summed E-state index contributed by atoms with van der Waals surface area (Å²) in [4.78, 5) is 45.1. The van der Waals surface area contributed by atoms with E-state index in [-0.39, 0.29) is 23.4 Å². The smallest absolute Gasteiger partial charge is 0.338 e. The Morgan fingerprint density at radius 3 is 2.28 bits per heavy atom. The van der Waals surface area contributed by atoms with Crippen LogP contribution in [0.5, 0.6) is 5.75 Å². The van der Waals surface area contributed by atoms with Crippen LogP contribution in [0.25, 0.3) is 34.3 Å². The molecule has 1 atom stereocenters. The second kappa shape index (κ2) is 15.5. The van der Waals surface area contributed by atoms with Crippen LogP contribution in [0, 0.1) is 10.1 Å². The molecule has 0 unspecified atom stereocenters. The van der Waals surface area contributed by atoms with E-state index in [0.717, 1.165) is 28.1 Å². The Bertz CT molecular complexity index is 2590. The number of benzene rings is 4. The van der Waals surface area contributed by atoms with Gasteiger partial charge in [0.1, 0.15) is 11.8 Å². The monoisotopic (exact) mass is 758 g/mol. The highest BCUT2D eigenvalue weighted by Crippen LogP contribution is 2.39. The van der Waals surface area contributed by atoms with Gasteiger partial charge in [0.2, 0.25) is 0 Å². The molecule has 0 saturated heterocycles. The van der Waals surface area contributed by atoms with E-state index in [0.29, 0.717) is 49.9 Å². The van der Waals surface area contributed by atoms with Crippen LogP contribution in [0.1, 0.15) is 43.9 Å². The number of halogens is 1. The lowest BCUT2D eigenvalue weighted by molar-refractivity contribution is -0.384. The normalized spacial score (nSPS) is 14.1. The first-order valence-corrected chi connectivity index (χ1v) is 18.6. The zero-order chi connectivity index (χ0) is 37.9. The Morgan fingerprint density at radius 2 is 1.65 bits per heavy atom. The summed E-state index contributed by atoms with van der Waals surface area (Å²) < 4.78 is 15.3. The van der Waals surface area contributed by atoms with Gasteiger partial charge in [0.15, 0.2) is 4.80 Å². The molecule has 0 spiro atoms. The first-order chi connectivity index (χ1) is 26.2. The molecule has 54 heavy (non-hydrogen) atoms. The number of thiazole rings is 1. The van der Waals surface area contributed by atoms with Gasteiger partial charge in [-0.15, -0.1) is 0 Å². The molecule has 1 aliphatic heterocycles. The fourth-order valence-electron chi connectivity index (χ4n) is 6.82. The number of nitrogens with zero attached hydrogens (tertiary/aromatic N) is 4. The minimum Gasteiger partial charge on any atom is -0.496 e. The van der Waals surface area contributed by atoms with Crippen molar-refractivity contribution in [1.29, 1.82) is 0 Å². The van der Waals surface area contributed by atoms with Gasteiger partial charge in [-0.1, -0.05) is 96.9 Å². The third-order valence-electron chi connectivity index (χ3n) is 9.13. The number of hydrogen-bond acceptors (Lipinski definition) is 8. The summed E-state index contributed by atoms with van der Waals surface area (Å²) in [7, 11) is 1.53. The highest BCUT2D eigenvalue weighted by Gasteiger charge is 2.36. The minimum absolute atomic E-state index is 0.0229. The van der Waals surface area contributed by atoms with Crippen molar-refractivity contribution in [2.24, 2.45) is 4.99 Å². The molecule has 4 aromatic carbocycles. The summed E-state index contributed by atoms with van der Waals surface area (Å²) in [5.41, 5.74) is 5.77. The van der Waals surface area contributed by atoms with E-state index in [1.807, 2.05) is 79.7 Å². The van der Waals surface area contributed by atoms with Crippen LogP contribution < -0.4 is 19.6 Å². The number of allylic oxidation sites excluding steroid dienone is 1. The van der Waals surface area contributed by atoms with E-state index < -0.39 is 16.9 Å². The van der Waals surface area contributed by atoms with Gasteiger partial charge in [-0.3, -0.25) is 19.5 Å². The lowest BCUT2D eigenvalue weighted by atomic mass is 9.93. The first kappa shape index (κ1) is 36.3. The van der Waals surface area contributed by atoms with Crippen LogP contribution in [-0.2, 0) is 9.53 Å². The fraction of sp³-hybridized carbons (Fsp3) is 0.167. The third-order valence-corrected chi connectivity index (χ3v) is 10.3. The van der Waals surface area contributed by atoms with Crippen molar-refractivity contribution in [2.75, 3.05) is 13.7 Å². The van der Waals surface area contributed by atoms with Crippen LogP contribution in [0.2, 0.25) is 5.02 Å². The Morgan fingerprint density at radius 1 is 0.963 bits per heavy atom. The molecule has 0 amide bonds. The second-order valence-corrected chi connectivity index (χ2v) is 13.9. The summed E-state index contributed by atoms with van der Waals surface area (Å²) >= 11 is 7.77. The molecule has 0 radical (unpaired) electrons. The molecule has 6 aromatic rings. The van der Waals surface area contributed by atoms with Crippen LogP contribution in [0.3, 0.4) is 0 Å². The molecule has 2 aromatic heterocycles. The topological polar surface area (TPSA) is 118 Å². The number of carbonyl (C=O) groups is 1. The summed E-state index contributed by atoms with van der Waals surface area (Å²) in [5, 5.41) is 12.0. The van der Waals surface area contributed by atoms with Crippen molar-refractivity contribution in [3.05, 3.63) is 166 Å². The van der Waals surface area contributed by atoms with Crippen molar-refractivity contribution in [3.63, 3.8) is 0 Å². The summed E-state index contributed by atoms with van der Waals surface area (Å²) in [6.45, 7) is 3.88. The summed E-state index contributed by atoms with van der Waals surface area (Å²) in [5.74, 6) is -0.109. The molecular formula is C42H35ClN4O6S. The van der Waals surface area contributed by atoms with Crippen molar-refractivity contribution >= 4 is 40.7 Å². The zero-order valence-electron chi connectivity index (χ0n) is 29.7. The molecule has 0 aliphatic carbocycles. The van der Waals surface area contributed by atoms with E-state index in [1.54, 1.807) is 37.3 Å². The predicted octanol–water partition coefficient (Wildman–Crippen LogP) is 8.27. The standard InChI is InChI=1S/C42H35ClN4O6S/c1-4-12-33-37(41(49)53-5-2)39(32-25-29(43)17-22-35(32)52-3)46-40(48)36(54-42(46)44-33)24-28-23-34(26-13-8-6-9-14-26)45(38(28)27-15-10-7-11-16-27)30-18-20-31(21-19-30)47(50)51/h6-11,13-25,39H,4-5,12H2,1-3H3/b36-24+/t39-/m1/s1. The van der Waals surface area contributed by atoms with Crippen molar-refractivity contribution in [3.8, 4) is 34.0 Å². The van der Waals surface area contributed by atoms with E-state index >= 15 is 0 Å². The minimum atomic E-state index is -0.921. The largest absolute Gasteiger partial charge is 0.496 e. The number of methoxy groups -OCH3 is 1. The Hall–Kier alpha value is -6.04. The number of aromatic nitrogens is 2. The number of hydrogen-bond donors (Lipinski definition) is 0. The summed E-state index contributed by atoms with van der Waals surface area (Å²) in [6, 6.07) is 32.2. The van der Waals surface area contributed by atoms with E-state index in [2.05, 4.69) is 4.57 Å². The van der Waals surface area contributed by atoms with Gasteiger partial charge >= 0.3 is 5.97 Å². The molecule has 1 aliphatic rings. The number of carbonyl (C=O) groups excluding carboxylic acids is 1. The van der Waals surface area contributed by atoms with Crippen molar-refractivity contribution < 1.29 is 19.2 Å². The van der Waals surface area contributed by atoms with Crippen LogP contribution in [-0.4, -0.2) is 33.7 Å². The maximum absolute atomic E-state index is 14.8. The Labute approximate surface area is 319 Å². The fourth-order valence-corrected chi connectivity index (χ4v) is 8.01. The average Bonchev–Trinajstić information content (AvgIpc) is 3.72. The third kappa shape index (κ3) is 6.79. The molecule has 0 fully saturated rings. The van der Waals surface area contributed by atoms with Gasteiger partial charge in [-0.25, -0.2) is 9.79 Å². The van der Waals surface area contributed by atoms with Gasteiger partial charge in [0.05, 0.1) is 45.8 Å². The lowest BCUT2D eigenvalue weighted by Crippen LogP contribution is -2.40. The van der Waals surface area contributed by atoms with Crippen molar-refractivity contribution in [1.82, 2.24) is 9.13 Å². The average molecular weight is 759 g/mol. The highest BCUT2D eigenvalue weighted by molar-refractivity contribution is 7.07. The molecule has 272 valence electrons. The maximum Gasteiger partial charge on any atom is 0.338 e. The van der Waals surface area contributed by atoms with Gasteiger partial charge in [-0.05, 0) is 66.9 Å². The summed E-state index contributed by atoms with van der Waals surface area (Å²) in [6.07, 6.45) is 3.03. The molecule has 7 rings (SSSR count). The molecule has 0 bridgehead atoms. The maximum atomic E-state index is 14.8. The van der Waals surface area contributed by atoms with Gasteiger partial charge in [-0.2, -0.15) is 0 Å². The molecule has 12 heteroatoms. The number of nitro benzene ring substituents is 1. The Kier molecular flexibility index (Phi) is 10.4. The molecular weight excluding hydrogens is 724 g/mol. The Balaban J connectivity index is 1.54. The van der Waals surface area contributed by atoms with Crippen LogP contribution >= 0.6 is 22.9 Å². The number of non-ortho nitro benzene ring substituents is 1. The predicted molar refractivity (Wildman–Crippen MR) is 211 cm³/mol. The van der Waals surface area contributed by atoms with Gasteiger partial charge in [0, 0.05) is 34.0 Å². The van der Waals surface area contributed by atoms with Crippen molar-refractivity contribution in [2.45, 2.75) is 32.7 Å². The van der Waals surface area contributed by atoms with Crippen LogP contribution in [0.15, 0.2) is 130 Å². The molecule has 10 nitrogen and oxygen atoms in total. The number of rotatable bonds is 11. The number of fused-ring (bicyclic) bond motifs is 1. The number of nitro groups is 1. The SMILES string of the molecule is CCCC1=C(C(=O)OCC)[C@@H](c2cc(Cl)ccc2OC)n2c(s/c(=C/c3cc(-c4ccccc4)n(-c4ccc([N+](=O)[O-])cc4)c3-c3ccccc3)c2=O)=N1. The van der Waals surface area contributed by atoms with E-state index in [4.69, 9.17) is 26.1 Å². The van der Waals surface area contributed by atoms with E-state index in [9.17, 15) is 19.7 Å². The second-order valence-electron chi connectivity index (χ2n) is 12.5. The number of esters is 1. The first-order valence-electron chi connectivity index (χ1n) is 17.4. The zero-order valence-corrected chi connectivity index (χ0v) is 31.3. The highest BCUT2D eigenvalue weighted by atomic mass is 35.5. The van der Waals surface area contributed by atoms with Gasteiger partial charge in [0.25, 0.3) is 11.2 Å². The van der Waals surface area contributed by atoms with E-state index in [1.165, 1.54) is 35.1 Å². The molecule has 0 saturated carbocycles. The van der Waals surface area contributed by atoms with Gasteiger partial charge < -0.3 is 14.0 Å². The molecule has 0 N–H and O–H groups in total. The van der Waals surface area contributed by atoms with Crippen LogP contribution in [0.4, 0.5) is 5.69 Å². The lowest BCUT2D eigenvalue weighted by Gasteiger charge is -2.27. The quantitative estimate of drug-likeness (QED) is 0.0746. The molecule has 3 heterocycles. The number of ether oxygens (including phenoxy) is 2.